The van der Waals surface area contributed by atoms with Crippen molar-refractivity contribution in [3.8, 4) is 5.75 Å². The summed E-state index contributed by atoms with van der Waals surface area (Å²) in [6.45, 7) is 1.89. The van der Waals surface area contributed by atoms with Crippen molar-refractivity contribution >= 4 is 5.69 Å². The second-order valence-electron chi connectivity index (χ2n) is 4.47. The van der Waals surface area contributed by atoms with Crippen molar-refractivity contribution in [1.82, 2.24) is 4.90 Å². The lowest BCUT2D eigenvalue weighted by atomic mass is 10.2. The highest BCUT2D eigenvalue weighted by Crippen LogP contribution is 2.25. The van der Waals surface area contributed by atoms with Crippen molar-refractivity contribution in [2.75, 3.05) is 25.5 Å². The first-order chi connectivity index (χ1) is 8.42. The molecule has 0 amide bonds. The van der Waals surface area contributed by atoms with Gasteiger partial charge < -0.3 is 15.0 Å². The van der Waals surface area contributed by atoms with Crippen LogP contribution in [0.4, 0.5) is 18.9 Å². The predicted octanol–water partition coefficient (Wildman–Crippen LogP) is 2.70. The smallest absolute Gasteiger partial charge is 0.406 e. The van der Waals surface area contributed by atoms with Crippen molar-refractivity contribution in [3.63, 3.8) is 0 Å². The zero-order valence-electron chi connectivity index (χ0n) is 10.00. The zero-order valence-corrected chi connectivity index (χ0v) is 10.00. The van der Waals surface area contributed by atoms with E-state index >= 15 is 0 Å². The average molecular weight is 260 g/mol. The Morgan fingerprint density at radius 1 is 1.39 bits per heavy atom. The second-order valence-corrected chi connectivity index (χ2v) is 4.47. The van der Waals surface area contributed by atoms with Crippen molar-refractivity contribution in [3.05, 3.63) is 24.3 Å². The molecular weight excluding hydrogens is 245 g/mol. The summed E-state index contributed by atoms with van der Waals surface area (Å²) in [7, 11) is 2.02. The molecule has 0 saturated carbocycles. The molecule has 1 aliphatic heterocycles. The number of nitrogens with one attached hydrogen (secondary N) is 1. The Morgan fingerprint density at radius 2 is 2.17 bits per heavy atom. The van der Waals surface area contributed by atoms with Gasteiger partial charge >= 0.3 is 6.36 Å². The van der Waals surface area contributed by atoms with Gasteiger partial charge in [0.2, 0.25) is 0 Å². The summed E-state index contributed by atoms with van der Waals surface area (Å²) in [5, 5.41) is 3.21. The van der Waals surface area contributed by atoms with Crippen LogP contribution in [0.5, 0.6) is 5.75 Å². The maximum absolute atomic E-state index is 12.1. The summed E-state index contributed by atoms with van der Waals surface area (Å²) in [6.07, 6.45) is -3.66. The van der Waals surface area contributed by atoms with E-state index in [-0.39, 0.29) is 11.8 Å². The number of alkyl halides is 3. The molecule has 6 heteroatoms. The number of likely N-dealkylation sites (tertiary alicyclic amines) is 1. The van der Waals surface area contributed by atoms with Gasteiger partial charge in [0.15, 0.2) is 0 Å². The maximum atomic E-state index is 12.1. The maximum Gasteiger partial charge on any atom is 0.573 e. The number of ether oxygens (including phenoxy) is 1. The molecule has 0 bridgehead atoms. The minimum atomic E-state index is -4.65. The summed E-state index contributed by atoms with van der Waals surface area (Å²) in [6, 6.07) is 6.21. The van der Waals surface area contributed by atoms with Gasteiger partial charge in [-0.2, -0.15) is 0 Å². The monoisotopic (exact) mass is 260 g/mol. The van der Waals surface area contributed by atoms with Crippen LogP contribution in [0.3, 0.4) is 0 Å². The summed E-state index contributed by atoms with van der Waals surface area (Å²) < 4.78 is 40.1. The molecule has 1 fully saturated rings. The lowest BCUT2D eigenvalue weighted by Gasteiger charge is -2.15. The molecule has 1 atom stereocenters. The molecule has 100 valence electrons. The number of halogens is 3. The molecule has 0 aliphatic carbocycles. The fourth-order valence-corrected chi connectivity index (χ4v) is 2.07. The van der Waals surface area contributed by atoms with E-state index in [4.69, 9.17) is 0 Å². The number of hydrogen-bond donors (Lipinski definition) is 1. The number of benzene rings is 1. The Bertz CT molecular complexity index is 409. The molecule has 0 spiro atoms. The van der Waals surface area contributed by atoms with Gasteiger partial charge in [0.1, 0.15) is 5.75 Å². The van der Waals surface area contributed by atoms with Crippen LogP contribution < -0.4 is 10.1 Å². The van der Waals surface area contributed by atoms with Gasteiger partial charge in [-0.15, -0.1) is 13.2 Å². The molecule has 0 aromatic heterocycles. The van der Waals surface area contributed by atoms with E-state index in [1.807, 2.05) is 7.05 Å². The zero-order chi connectivity index (χ0) is 13.2. The number of rotatable bonds is 3. The third-order valence-corrected chi connectivity index (χ3v) is 2.83. The third-order valence-electron chi connectivity index (χ3n) is 2.83. The van der Waals surface area contributed by atoms with Gasteiger partial charge in [0.25, 0.3) is 0 Å². The highest BCUT2D eigenvalue weighted by molar-refractivity contribution is 5.49. The van der Waals surface area contributed by atoms with Gasteiger partial charge in [-0.25, -0.2) is 0 Å². The van der Waals surface area contributed by atoms with Crippen LogP contribution in [0.1, 0.15) is 6.42 Å². The van der Waals surface area contributed by atoms with Gasteiger partial charge in [0, 0.05) is 24.3 Å². The molecule has 2 rings (SSSR count). The normalized spacial score (nSPS) is 21.0. The molecule has 1 heterocycles. The Morgan fingerprint density at radius 3 is 2.78 bits per heavy atom. The first-order valence-corrected chi connectivity index (χ1v) is 5.73. The lowest BCUT2D eigenvalue weighted by Crippen LogP contribution is -2.23. The Hall–Kier alpha value is -1.43. The molecule has 1 N–H and O–H groups in total. The van der Waals surface area contributed by atoms with Crippen LogP contribution in [0, 0.1) is 0 Å². The van der Waals surface area contributed by atoms with Crippen molar-refractivity contribution < 1.29 is 17.9 Å². The largest absolute Gasteiger partial charge is 0.573 e. The predicted molar refractivity (Wildman–Crippen MR) is 62.6 cm³/mol. The van der Waals surface area contributed by atoms with E-state index in [0.717, 1.165) is 19.5 Å². The lowest BCUT2D eigenvalue weighted by molar-refractivity contribution is -0.274. The summed E-state index contributed by atoms with van der Waals surface area (Å²) in [5.74, 6) is -0.196. The van der Waals surface area contributed by atoms with Crippen molar-refractivity contribution in [2.24, 2.45) is 0 Å². The van der Waals surface area contributed by atoms with Crippen LogP contribution in [-0.2, 0) is 0 Å². The van der Waals surface area contributed by atoms with E-state index in [1.54, 1.807) is 12.1 Å². The number of nitrogens with zero attached hydrogens (tertiary/aromatic N) is 1. The number of anilines is 1. The van der Waals surface area contributed by atoms with E-state index in [2.05, 4.69) is 15.0 Å². The third kappa shape index (κ3) is 3.80. The van der Waals surface area contributed by atoms with Crippen molar-refractivity contribution in [2.45, 2.75) is 18.8 Å². The van der Waals surface area contributed by atoms with Crippen LogP contribution in [-0.4, -0.2) is 37.4 Å². The fraction of sp³-hybridized carbons (Fsp3) is 0.500. The van der Waals surface area contributed by atoms with Crippen LogP contribution in [0.25, 0.3) is 0 Å². The average Bonchev–Trinajstić information content (AvgIpc) is 2.62. The summed E-state index contributed by atoms with van der Waals surface area (Å²) in [5.41, 5.74) is 0.650. The summed E-state index contributed by atoms with van der Waals surface area (Å²) in [4.78, 5) is 2.17. The minimum absolute atomic E-state index is 0.196. The van der Waals surface area contributed by atoms with E-state index in [0.29, 0.717) is 5.69 Å². The Balaban J connectivity index is 1.99. The quantitative estimate of drug-likeness (QED) is 0.904. The Kier molecular flexibility index (Phi) is 3.65. The molecule has 1 aliphatic rings. The van der Waals surface area contributed by atoms with Gasteiger partial charge in [0.05, 0.1) is 0 Å². The van der Waals surface area contributed by atoms with Gasteiger partial charge in [-0.1, -0.05) is 6.07 Å². The minimum Gasteiger partial charge on any atom is -0.406 e. The molecule has 0 radical (unpaired) electrons. The van der Waals surface area contributed by atoms with Crippen LogP contribution >= 0.6 is 0 Å². The SMILES string of the molecule is CN1CCC(Nc2cccc(OC(F)(F)F)c2)C1. The first kappa shape index (κ1) is 13.0. The standard InChI is InChI=1S/C12H15F3N2O/c1-17-6-5-10(8-17)16-9-3-2-4-11(7-9)18-12(13,14)15/h2-4,7,10,16H,5-6,8H2,1H3. The first-order valence-electron chi connectivity index (χ1n) is 5.73. The number of hydrogen-bond acceptors (Lipinski definition) is 3. The molecule has 1 aromatic rings. The van der Waals surface area contributed by atoms with Crippen molar-refractivity contribution in [1.29, 1.82) is 0 Å². The highest BCUT2D eigenvalue weighted by atomic mass is 19.4. The molecule has 1 unspecified atom stereocenters. The number of likely N-dealkylation sites (N-methyl/N-ethyl adjacent to an activating group) is 1. The Labute approximate surface area is 104 Å². The highest BCUT2D eigenvalue weighted by Gasteiger charge is 2.31. The molecule has 1 aromatic carbocycles. The molecule has 1 saturated heterocycles. The van der Waals surface area contributed by atoms with Gasteiger partial charge in [-0.3, -0.25) is 0 Å². The fourth-order valence-electron chi connectivity index (χ4n) is 2.07. The molecule has 3 nitrogen and oxygen atoms in total. The van der Waals surface area contributed by atoms with Crippen LogP contribution in [0.2, 0.25) is 0 Å². The van der Waals surface area contributed by atoms with Crippen LogP contribution in [0.15, 0.2) is 24.3 Å². The molecular formula is C12H15F3N2O. The molecule has 18 heavy (non-hydrogen) atoms. The van der Waals surface area contributed by atoms with Gasteiger partial charge in [-0.05, 0) is 32.1 Å². The second kappa shape index (κ2) is 5.06. The summed E-state index contributed by atoms with van der Waals surface area (Å²) >= 11 is 0. The van der Waals surface area contributed by atoms with E-state index < -0.39 is 6.36 Å². The van der Waals surface area contributed by atoms with E-state index in [9.17, 15) is 13.2 Å². The van der Waals surface area contributed by atoms with E-state index in [1.165, 1.54) is 12.1 Å². The topological polar surface area (TPSA) is 24.5 Å².